The van der Waals surface area contributed by atoms with Crippen molar-refractivity contribution in [3.8, 4) is 5.75 Å². The number of methoxy groups -OCH3 is 1. The van der Waals surface area contributed by atoms with E-state index in [1.807, 2.05) is 6.92 Å². The molecule has 5 heteroatoms. The highest BCUT2D eigenvalue weighted by Crippen LogP contribution is 2.14. The highest BCUT2D eigenvalue weighted by molar-refractivity contribution is 5.89. The zero-order valence-electron chi connectivity index (χ0n) is 10.8. The molecule has 0 spiro atoms. The van der Waals surface area contributed by atoms with Gasteiger partial charge in [-0.15, -0.1) is 0 Å². The van der Waals surface area contributed by atoms with Crippen LogP contribution in [0.15, 0.2) is 24.3 Å². The van der Waals surface area contributed by atoms with E-state index in [4.69, 9.17) is 9.84 Å². The molecule has 0 aliphatic heterocycles. The molecule has 0 radical (unpaired) electrons. The normalized spacial score (nSPS) is 11.7. The molecule has 0 aliphatic rings. The van der Waals surface area contributed by atoms with Crippen molar-refractivity contribution in [2.24, 2.45) is 5.92 Å². The maximum Gasteiger partial charge on any atom is 0.319 e. The van der Waals surface area contributed by atoms with Gasteiger partial charge in [-0.3, -0.25) is 0 Å². The summed E-state index contributed by atoms with van der Waals surface area (Å²) in [5, 5.41) is 14.2. The van der Waals surface area contributed by atoms with E-state index in [0.29, 0.717) is 18.7 Å². The van der Waals surface area contributed by atoms with Gasteiger partial charge in [0.2, 0.25) is 0 Å². The minimum absolute atomic E-state index is 0.142. The quantitative estimate of drug-likeness (QED) is 0.723. The lowest BCUT2D eigenvalue weighted by atomic mass is 10.1. The molecule has 100 valence electrons. The van der Waals surface area contributed by atoms with Crippen molar-refractivity contribution in [3.05, 3.63) is 24.3 Å². The van der Waals surface area contributed by atoms with Gasteiger partial charge in [-0.1, -0.05) is 6.92 Å². The molecule has 1 unspecified atom stereocenters. The second kappa shape index (κ2) is 7.55. The second-order valence-corrected chi connectivity index (χ2v) is 4.18. The average Bonchev–Trinajstić information content (AvgIpc) is 2.38. The molecular weight excluding hydrogens is 232 g/mol. The number of carbonyl (C=O) groups excluding carboxylic acids is 1. The maximum absolute atomic E-state index is 11.6. The Balaban J connectivity index is 2.35. The molecule has 1 aromatic carbocycles. The molecule has 0 aromatic heterocycles. The minimum Gasteiger partial charge on any atom is -0.497 e. The van der Waals surface area contributed by atoms with Crippen molar-refractivity contribution in [2.75, 3.05) is 25.6 Å². The number of urea groups is 1. The largest absolute Gasteiger partial charge is 0.497 e. The van der Waals surface area contributed by atoms with Crippen LogP contribution in [0.3, 0.4) is 0 Å². The summed E-state index contributed by atoms with van der Waals surface area (Å²) in [5.41, 5.74) is 0.711. The molecule has 1 rings (SSSR count). The Morgan fingerprint density at radius 2 is 2.06 bits per heavy atom. The van der Waals surface area contributed by atoms with Crippen LogP contribution in [0, 0.1) is 5.92 Å². The molecule has 0 saturated heterocycles. The predicted molar refractivity (Wildman–Crippen MR) is 70.9 cm³/mol. The number of aliphatic hydroxyl groups excluding tert-OH is 1. The summed E-state index contributed by atoms with van der Waals surface area (Å²) < 4.78 is 5.03. The van der Waals surface area contributed by atoms with E-state index in [0.717, 1.165) is 5.75 Å². The third-order valence-corrected chi connectivity index (χ3v) is 2.58. The zero-order chi connectivity index (χ0) is 13.4. The molecule has 0 bridgehead atoms. The maximum atomic E-state index is 11.6. The number of anilines is 1. The summed E-state index contributed by atoms with van der Waals surface area (Å²) in [7, 11) is 1.59. The van der Waals surface area contributed by atoms with Crippen molar-refractivity contribution in [3.63, 3.8) is 0 Å². The van der Waals surface area contributed by atoms with Gasteiger partial charge in [0.25, 0.3) is 0 Å². The summed E-state index contributed by atoms with van der Waals surface area (Å²) in [6.07, 6.45) is 0.683. The molecule has 1 atom stereocenters. The van der Waals surface area contributed by atoms with Gasteiger partial charge in [0, 0.05) is 18.8 Å². The van der Waals surface area contributed by atoms with Crippen molar-refractivity contribution in [1.29, 1.82) is 0 Å². The van der Waals surface area contributed by atoms with Gasteiger partial charge in [0.05, 0.1) is 7.11 Å². The van der Waals surface area contributed by atoms with Crippen LogP contribution >= 0.6 is 0 Å². The average molecular weight is 252 g/mol. The fourth-order valence-corrected chi connectivity index (χ4v) is 1.44. The van der Waals surface area contributed by atoms with E-state index in [1.165, 1.54) is 0 Å². The Hall–Kier alpha value is -1.75. The van der Waals surface area contributed by atoms with E-state index in [2.05, 4.69) is 10.6 Å². The molecule has 3 N–H and O–H groups in total. The topological polar surface area (TPSA) is 70.6 Å². The third kappa shape index (κ3) is 5.05. The summed E-state index contributed by atoms with van der Waals surface area (Å²) in [6.45, 7) is 2.66. The number of rotatable bonds is 6. The monoisotopic (exact) mass is 252 g/mol. The standard InChI is InChI=1S/C13H20N2O3/c1-10(7-8-16)9-14-13(17)15-11-3-5-12(18-2)6-4-11/h3-6,10,16H,7-9H2,1-2H3,(H2,14,15,17). The Bertz CT molecular complexity index is 365. The Morgan fingerprint density at radius 1 is 1.39 bits per heavy atom. The first-order valence-corrected chi connectivity index (χ1v) is 5.95. The van der Waals surface area contributed by atoms with Crippen LogP contribution in [0.4, 0.5) is 10.5 Å². The highest BCUT2D eigenvalue weighted by Gasteiger charge is 2.05. The van der Waals surface area contributed by atoms with Crippen molar-refractivity contribution in [1.82, 2.24) is 5.32 Å². The van der Waals surface area contributed by atoms with Gasteiger partial charge >= 0.3 is 6.03 Å². The minimum atomic E-state index is -0.245. The molecule has 1 aromatic rings. The van der Waals surface area contributed by atoms with Gasteiger partial charge in [-0.2, -0.15) is 0 Å². The van der Waals surface area contributed by atoms with Crippen LogP contribution in [-0.4, -0.2) is 31.4 Å². The van der Waals surface area contributed by atoms with Crippen molar-refractivity contribution < 1.29 is 14.6 Å². The molecular formula is C13H20N2O3. The lowest BCUT2D eigenvalue weighted by Gasteiger charge is -2.12. The zero-order valence-corrected chi connectivity index (χ0v) is 10.8. The number of aliphatic hydroxyl groups is 1. The van der Waals surface area contributed by atoms with Gasteiger partial charge in [-0.25, -0.2) is 4.79 Å². The van der Waals surface area contributed by atoms with Crippen LogP contribution in [0.1, 0.15) is 13.3 Å². The van der Waals surface area contributed by atoms with Crippen LogP contribution in [-0.2, 0) is 0 Å². The van der Waals surface area contributed by atoms with Gasteiger partial charge in [0.1, 0.15) is 5.75 Å². The first-order chi connectivity index (χ1) is 8.65. The van der Waals surface area contributed by atoms with E-state index < -0.39 is 0 Å². The number of nitrogens with one attached hydrogen (secondary N) is 2. The van der Waals surface area contributed by atoms with Gasteiger partial charge < -0.3 is 20.5 Å². The number of hydrogen-bond acceptors (Lipinski definition) is 3. The lowest BCUT2D eigenvalue weighted by Crippen LogP contribution is -2.32. The first kappa shape index (κ1) is 14.3. The molecule has 0 saturated carbocycles. The molecule has 18 heavy (non-hydrogen) atoms. The first-order valence-electron chi connectivity index (χ1n) is 5.95. The van der Waals surface area contributed by atoms with E-state index in [-0.39, 0.29) is 18.6 Å². The van der Waals surface area contributed by atoms with Crippen LogP contribution in [0.2, 0.25) is 0 Å². The lowest BCUT2D eigenvalue weighted by molar-refractivity contribution is 0.243. The number of amides is 2. The van der Waals surface area contributed by atoms with Gasteiger partial charge in [-0.05, 0) is 36.6 Å². The SMILES string of the molecule is COc1ccc(NC(=O)NCC(C)CCO)cc1. The van der Waals surface area contributed by atoms with Gasteiger partial charge in [0.15, 0.2) is 0 Å². The van der Waals surface area contributed by atoms with Crippen molar-refractivity contribution in [2.45, 2.75) is 13.3 Å². The molecule has 2 amide bonds. The van der Waals surface area contributed by atoms with Crippen LogP contribution in [0.5, 0.6) is 5.75 Å². The van der Waals surface area contributed by atoms with Crippen LogP contribution in [0.25, 0.3) is 0 Å². The number of hydrogen-bond donors (Lipinski definition) is 3. The third-order valence-electron chi connectivity index (χ3n) is 2.58. The van der Waals surface area contributed by atoms with Crippen LogP contribution < -0.4 is 15.4 Å². The fourth-order valence-electron chi connectivity index (χ4n) is 1.44. The Labute approximate surface area is 107 Å². The number of ether oxygens (including phenoxy) is 1. The highest BCUT2D eigenvalue weighted by atomic mass is 16.5. The Kier molecular flexibility index (Phi) is 6.00. The second-order valence-electron chi connectivity index (χ2n) is 4.18. The summed E-state index contributed by atoms with van der Waals surface area (Å²) in [5.74, 6) is 1.01. The summed E-state index contributed by atoms with van der Waals surface area (Å²) in [4.78, 5) is 11.6. The number of benzene rings is 1. The van der Waals surface area contributed by atoms with Crippen molar-refractivity contribution >= 4 is 11.7 Å². The fraction of sp³-hybridized carbons (Fsp3) is 0.462. The smallest absolute Gasteiger partial charge is 0.319 e. The van der Waals surface area contributed by atoms with E-state index in [9.17, 15) is 4.79 Å². The number of carbonyl (C=O) groups is 1. The summed E-state index contributed by atoms with van der Waals surface area (Å²) >= 11 is 0. The molecule has 0 fully saturated rings. The Morgan fingerprint density at radius 3 is 2.61 bits per heavy atom. The van der Waals surface area contributed by atoms with E-state index >= 15 is 0 Å². The van der Waals surface area contributed by atoms with E-state index in [1.54, 1.807) is 31.4 Å². The summed E-state index contributed by atoms with van der Waals surface area (Å²) in [6, 6.07) is 6.86. The molecule has 5 nitrogen and oxygen atoms in total. The molecule has 0 aliphatic carbocycles. The molecule has 0 heterocycles. The predicted octanol–water partition coefficient (Wildman–Crippen LogP) is 1.84.